The fourth-order valence-corrected chi connectivity index (χ4v) is 4.46. The van der Waals surface area contributed by atoms with Crippen molar-refractivity contribution < 1.29 is 4.74 Å². The minimum absolute atomic E-state index is 0.227. The van der Waals surface area contributed by atoms with E-state index in [2.05, 4.69) is 11.9 Å². The molecule has 0 N–H and O–H groups in total. The van der Waals surface area contributed by atoms with Crippen molar-refractivity contribution in [2.75, 3.05) is 13.6 Å². The molecule has 1 saturated carbocycles. The first kappa shape index (κ1) is 15.5. The molecule has 3 rings (SSSR count). The van der Waals surface area contributed by atoms with Crippen molar-refractivity contribution in [3.63, 3.8) is 0 Å². The highest BCUT2D eigenvalue weighted by atomic mass is 35.5. The zero-order valence-corrected chi connectivity index (χ0v) is 14.1. The van der Waals surface area contributed by atoms with Gasteiger partial charge in [-0.2, -0.15) is 0 Å². The lowest BCUT2D eigenvalue weighted by atomic mass is 9.80. The van der Waals surface area contributed by atoms with E-state index in [1.54, 1.807) is 0 Å². The summed E-state index contributed by atoms with van der Waals surface area (Å²) in [6, 6.07) is 5.57. The zero-order valence-electron chi connectivity index (χ0n) is 12.6. The van der Waals surface area contributed by atoms with Crippen LogP contribution in [0.25, 0.3) is 0 Å². The average Bonchev–Trinajstić information content (AvgIpc) is 2.86. The Morgan fingerprint density at radius 3 is 2.33 bits per heavy atom. The minimum Gasteiger partial charge on any atom is -0.469 e. The molecule has 2 nitrogen and oxygen atoms in total. The molecule has 1 aromatic carbocycles. The van der Waals surface area contributed by atoms with Gasteiger partial charge in [0, 0.05) is 18.9 Å². The first-order chi connectivity index (χ1) is 10.1. The van der Waals surface area contributed by atoms with Crippen LogP contribution in [0.15, 0.2) is 18.2 Å². The number of rotatable bonds is 3. The first-order valence-electron chi connectivity index (χ1n) is 7.98. The Morgan fingerprint density at radius 2 is 1.76 bits per heavy atom. The summed E-state index contributed by atoms with van der Waals surface area (Å²) in [5.74, 6) is 1.23. The summed E-state index contributed by atoms with van der Waals surface area (Å²) in [5, 5.41) is 1.22. The number of halogens is 2. The van der Waals surface area contributed by atoms with Crippen LogP contribution in [0.1, 0.15) is 44.9 Å². The van der Waals surface area contributed by atoms with E-state index in [9.17, 15) is 0 Å². The quantitative estimate of drug-likeness (QED) is 0.739. The maximum absolute atomic E-state index is 6.54. The van der Waals surface area contributed by atoms with E-state index in [0.29, 0.717) is 21.7 Å². The molecule has 0 amide bonds. The molecule has 1 aliphatic carbocycles. The van der Waals surface area contributed by atoms with Crippen LogP contribution < -0.4 is 4.74 Å². The lowest BCUT2D eigenvalue weighted by Crippen LogP contribution is -2.53. The van der Waals surface area contributed by atoms with Crippen LogP contribution >= 0.6 is 23.2 Å². The molecule has 0 spiro atoms. The third-order valence-corrected chi connectivity index (χ3v) is 5.71. The molecule has 1 aromatic rings. The molecule has 4 heteroatoms. The molecule has 0 aromatic heterocycles. The smallest absolute Gasteiger partial charge is 0.166 e. The van der Waals surface area contributed by atoms with Crippen molar-refractivity contribution in [3.8, 4) is 5.75 Å². The van der Waals surface area contributed by atoms with Gasteiger partial charge in [-0.1, -0.05) is 48.5 Å². The number of likely N-dealkylation sites (tertiary alicyclic amines) is 1. The second-order valence-corrected chi connectivity index (χ2v) is 7.17. The van der Waals surface area contributed by atoms with E-state index in [0.717, 1.165) is 13.0 Å². The van der Waals surface area contributed by atoms with Gasteiger partial charge in [-0.15, -0.1) is 0 Å². The lowest BCUT2D eigenvalue weighted by molar-refractivity contribution is -0.101. The Balaban J connectivity index is 1.93. The molecular weight excluding hydrogens is 305 g/mol. The Kier molecular flexibility index (Phi) is 4.68. The predicted octanol–water partition coefficient (Wildman–Crippen LogP) is 5.37. The SMILES string of the molecule is CN1CCC[C@]1(Oc1c(Cl)cccc1Cl)C1CCCCC1. The lowest BCUT2D eigenvalue weighted by Gasteiger charge is -2.44. The van der Waals surface area contributed by atoms with Gasteiger partial charge in [-0.25, -0.2) is 0 Å². The van der Waals surface area contributed by atoms with E-state index >= 15 is 0 Å². The number of hydrogen-bond donors (Lipinski definition) is 0. The minimum atomic E-state index is -0.227. The van der Waals surface area contributed by atoms with E-state index in [-0.39, 0.29) is 5.72 Å². The number of para-hydroxylation sites is 1. The molecule has 1 atom stereocenters. The van der Waals surface area contributed by atoms with Gasteiger partial charge in [0.1, 0.15) is 0 Å². The Morgan fingerprint density at radius 1 is 1.10 bits per heavy atom. The van der Waals surface area contributed by atoms with E-state index < -0.39 is 0 Å². The van der Waals surface area contributed by atoms with Crippen molar-refractivity contribution in [2.24, 2.45) is 5.92 Å². The van der Waals surface area contributed by atoms with Crippen LogP contribution in [-0.4, -0.2) is 24.2 Å². The normalized spacial score (nSPS) is 28.0. The van der Waals surface area contributed by atoms with Gasteiger partial charge in [0.25, 0.3) is 0 Å². The van der Waals surface area contributed by atoms with Crippen molar-refractivity contribution in [1.29, 1.82) is 0 Å². The number of hydrogen-bond acceptors (Lipinski definition) is 2. The summed E-state index contributed by atoms with van der Waals surface area (Å²) in [5.41, 5.74) is -0.227. The average molecular weight is 328 g/mol. The highest BCUT2D eigenvalue weighted by molar-refractivity contribution is 6.37. The number of benzene rings is 1. The molecule has 116 valence electrons. The van der Waals surface area contributed by atoms with Gasteiger partial charge in [-0.05, 0) is 38.4 Å². The molecule has 1 saturated heterocycles. The topological polar surface area (TPSA) is 12.5 Å². The zero-order chi connectivity index (χ0) is 14.9. The van der Waals surface area contributed by atoms with Crippen molar-refractivity contribution in [2.45, 2.75) is 50.7 Å². The highest BCUT2D eigenvalue weighted by Crippen LogP contribution is 2.46. The highest BCUT2D eigenvalue weighted by Gasteiger charge is 2.48. The van der Waals surface area contributed by atoms with Crippen LogP contribution in [0.2, 0.25) is 10.0 Å². The molecular formula is C17H23Cl2NO. The van der Waals surface area contributed by atoms with Crippen LogP contribution in [0.5, 0.6) is 5.75 Å². The van der Waals surface area contributed by atoms with Crippen molar-refractivity contribution in [3.05, 3.63) is 28.2 Å². The Hall–Kier alpha value is -0.440. The standard InChI is InChI=1S/C17H23Cl2NO/c1-20-12-6-11-17(20,13-7-3-2-4-8-13)21-16-14(18)9-5-10-15(16)19/h5,9-10,13H,2-4,6-8,11-12H2,1H3/t17-/m0/s1. The van der Waals surface area contributed by atoms with Crippen molar-refractivity contribution in [1.82, 2.24) is 4.90 Å². The van der Waals surface area contributed by atoms with Crippen LogP contribution in [0.4, 0.5) is 0 Å². The van der Waals surface area contributed by atoms with Crippen LogP contribution in [0, 0.1) is 5.92 Å². The van der Waals surface area contributed by atoms with Crippen molar-refractivity contribution >= 4 is 23.2 Å². The van der Waals surface area contributed by atoms with E-state index in [1.807, 2.05) is 18.2 Å². The summed E-state index contributed by atoms with van der Waals surface area (Å²) < 4.78 is 6.54. The van der Waals surface area contributed by atoms with Gasteiger partial charge >= 0.3 is 0 Å². The number of nitrogens with zero attached hydrogens (tertiary/aromatic N) is 1. The van der Waals surface area contributed by atoms with Gasteiger partial charge in [-0.3, -0.25) is 4.90 Å². The van der Waals surface area contributed by atoms with E-state index in [4.69, 9.17) is 27.9 Å². The van der Waals surface area contributed by atoms with Gasteiger partial charge in [0.15, 0.2) is 11.5 Å². The summed E-state index contributed by atoms with van der Waals surface area (Å²) in [6.07, 6.45) is 8.69. The van der Waals surface area contributed by atoms with Gasteiger partial charge < -0.3 is 4.74 Å². The second kappa shape index (κ2) is 6.36. The molecule has 1 aliphatic heterocycles. The molecule has 0 radical (unpaired) electrons. The molecule has 2 fully saturated rings. The molecule has 0 bridgehead atoms. The predicted molar refractivity (Wildman–Crippen MR) is 88.3 cm³/mol. The first-order valence-corrected chi connectivity index (χ1v) is 8.73. The Bertz CT molecular complexity index is 481. The maximum Gasteiger partial charge on any atom is 0.166 e. The van der Waals surface area contributed by atoms with Crippen LogP contribution in [0.3, 0.4) is 0 Å². The fraction of sp³-hybridized carbons (Fsp3) is 0.647. The maximum atomic E-state index is 6.54. The van der Waals surface area contributed by atoms with Gasteiger partial charge in [0.05, 0.1) is 10.0 Å². The largest absolute Gasteiger partial charge is 0.469 e. The summed E-state index contributed by atoms with van der Waals surface area (Å²) in [4.78, 5) is 2.38. The summed E-state index contributed by atoms with van der Waals surface area (Å²) >= 11 is 12.7. The second-order valence-electron chi connectivity index (χ2n) is 6.36. The molecule has 1 heterocycles. The monoisotopic (exact) mass is 327 g/mol. The van der Waals surface area contributed by atoms with E-state index in [1.165, 1.54) is 38.5 Å². The van der Waals surface area contributed by atoms with Crippen LogP contribution in [-0.2, 0) is 0 Å². The molecule has 2 aliphatic rings. The third-order valence-electron chi connectivity index (χ3n) is 5.12. The fourth-order valence-electron chi connectivity index (χ4n) is 3.99. The summed E-state index contributed by atoms with van der Waals surface area (Å²) in [6.45, 7) is 1.08. The molecule has 0 unspecified atom stereocenters. The Labute approximate surface area is 137 Å². The van der Waals surface area contributed by atoms with Gasteiger partial charge in [0.2, 0.25) is 0 Å². The summed E-state index contributed by atoms with van der Waals surface area (Å²) in [7, 11) is 2.17. The third kappa shape index (κ3) is 2.91. The number of ether oxygens (including phenoxy) is 1. The molecule has 21 heavy (non-hydrogen) atoms.